The van der Waals surface area contributed by atoms with Gasteiger partial charge in [-0.3, -0.25) is 4.79 Å². The Morgan fingerprint density at radius 3 is 2.61 bits per heavy atom. The number of ketones is 1. The maximum atomic E-state index is 11.9. The summed E-state index contributed by atoms with van der Waals surface area (Å²) in [5.41, 5.74) is 0.0495. The number of phenolic OH excluding ortho intramolecular Hbond substituents is 1. The van der Waals surface area contributed by atoms with Crippen molar-refractivity contribution in [3.63, 3.8) is 0 Å². The van der Waals surface area contributed by atoms with E-state index in [1.54, 1.807) is 0 Å². The first kappa shape index (κ1) is 14.5. The molecule has 0 saturated carbocycles. The van der Waals surface area contributed by atoms with Crippen LogP contribution >= 0.6 is 11.6 Å². The Morgan fingerprint density at radius 1 is 1.39 bits per heavy atom. The van der Waals surface area contributed by atoms with E-state index in [1.807, 2.05) is 0 Å². The van der Waals surface area contributed by atoms with Crippen LogP contribution in [0.4, 0.5) is 0 Å². The molecule has 18 heavy (non-hydrogen) atoms. The summed E-state index contributed by atoms with van der Waals surface area (Å²) in [6, 6.07) is 4.11. The topological polar surface area (TPSA) is 72.8 Å². The van der Waals surface area contributed by atoms with Gasteiger partial charge in [0.25, 0.3) is 0 Å². The predicted octanol–water partition coefficient (Wildman–Crippen LogP) is 1.81. The molecule has 0 fully saturated rings. The van der Waals surface area contributed by atoms with Crippen LogP contribution in [0.5, 0.6) is 5.75 Å². The molecule has 1 unspecified atom stereocenters. The first-order valence-corrected chi connectivity index (χ1v) is 5.49. The number of benzene rings is 1. The van der Waals surface area contributed by atoms with Gasteiger partial charge in [-0.25, -0.2) is 4.79 Å². The van der Waals surface area contributed by atoms with Crippen LogP contribution in [0.25, 0.3) is 0 Å². The first-order valence-electron chi connectivity index (χ1n) is 5.12. The number of carbonyl (C=O) groups is 2. The largest absolute Gasteiger partial charge is 0.507 e. The standard InChI is InChI=1S/C12H13ClO5/c1-17-11(12(16)18-2)6-10(15)8-5-7(13)3-4-9(8)14/h3-5,11,14H,6H2,1-2H3. The minimum atomic E-state index is -0.999. The number of carbonyl (C=O) groups excluding carboxylic acids is 2. The molecule has 1 N–H and O–H groups in total. The van der Waals surface area contributed by atoms with Crippen LogP contribution in [-0.2, 0) is 14.3 Å². The molecular formula is C12H13ClO5. The summed E-state index contributed by atoms with van der Waals surface area (Å²) >= 11 is 5.73. The number of esters is 1. The maximum absolute atomic E-state index is 11.9. The summed E-state index contributed by atoms with van der Waals surface area (Å²) < 4.78 is 9.34. The highest BCUT2D eigenvalue weighted by molar-refractivity contribution is 6.31. The van der Waals surface area contributed by atoms with Gasteiger partial charge < -0.3 is 14.6 Å². The van der Waals surface area contributed by atoms with E-state index in [0.29, 0.717) is 5.02 Å². The van der Waals surface area contributed by atoms with Gasteiger partial charge in [-0.15, -0.1) is 0 Å². The summed E-state index contributed by atoms with van der Waals surface area (Å²) in [6.45, 7) is 0. The lowest BCUT2D eigenvalue weighted by atomic mass is 10.0. The van der Waals surface area contributed by atoms with Crippen molar-refractivity contribution in [1.82, 2.24) is 0 Å². The third-order valence-electron chi connectivity index (χ3n) is 2.38. The molecule has 0 aliphatic carbocycles. The molecule has 0 spiro atoms. The van der Waals surface area contributed by atoms with Crippen molar-refractivity contribution in [2.24, 2.45) is 0 Å². The molecule has 6 heteroatoms. The van der Waals surface area contributed by atoms with Crippen LogP contribution < -0.4 is 0 Å². The minimum absolute atomic E-state index is 0.0495. The van der Waals surface area contributed by atoms with Crippen LogP contribution in [0, 0.1) is 0 Å². The third-order valence-corrected chi connectivity index (χ3v) is 2.61. The highest BCUT2D eigenvalue weighted by atomic mass is 35.5. The second-order valence-corrected chi connectivity index (χ2v) is 3.97. The fourth-order valence-electron chi connectivity index (χ4n) is 1.40. The molecule has 1 aromatic carbocycles. The SMILES string of the molecule is COC(=O)C(CC(=O)c1cc(Cl)ccc1O)OC. The van der Waals surface area contributed by atoms with E-state index in [2.05, 4.69) is 4.74 Å². The van der Waals surface area contributed by atoms with Crippen LogP contribution in [0.3, 0.4) is 0 Å². The molecule has 0 bridgehead atoms. The summed E-state index contributed by atoms with van der Waals surface area (Å²) in [5, 5.41) is 9.87. The van der Waals surface area contributed by atoms with Crippen molar-refractivity contribution in [3.05, 3.63) is 28.8 Å². The van der Waals surface area contributed by atoms with Crippen molar-refractivity contribution in [2.75, 3.05) is 14.2 Å². The van der Waals surface area contributed by atoms with Gasteiger partial charge in [0.15, 0.2) is 11.9 Å². The van der Waals surface area contributed by atoms with Gasteiger partial charge in [-0.2, -0.15) is 0 Å². The minimum Gasteiger partial charge on any atom is -0.507 e. The maximum Gasteiger partial charge on any atom is 0.335 e. The van der Waals surface area contributed by atoms with Crippen molar-refractivity contribution < 1.29 is 24.2 Å². The third kappa shape index (κ3) is 3.45. The van der Waals surface area contributed by atoms with Crippen LogP contribution in [0.2, 0.25) is 5.02 Å². The van der Waals surface area contributed by atoms with Gasteiger partial charge in [0.05, 0.1) is 12.7 Å². The van der Waals surface area contributed by atoms with Crippen LogP contribution in [0.15, 0.2) is 18.2 Å². The van der Waals surface area contributed by atoms with Crippen molar-refractivity contribution in [3.8, 4) is 5.75 Å². The molecule has 0 amide bonds. The summed E-state index contributed by atoms with van der Waals surface area (Å²) in [5.74, 6) is -1.29. The van der Waals surface area contributed by atoms with Gasteiger partial charge in [-0.05, 0) is 18.2 Å². The molecule has 0 aromatic heterocycles. The number of phenols is 1. The zero-order valence-electron chi connectivity index (χ0n) is 9.97. The van der Waals surface area contributed by atoms with Gasteiger partial charge in [0, 0.05) is 18.6 Å². The van der Waals surface area contributed by atoms with Gasteiger partial charge in [0.1, 0.15) is 5.75 Å². The number of Topliss-reactive ketones (excluding diaryl/α,β-unsaturated/α-hetero) is 1. The number of aromatic hydroxyl groups is 1. The molecule has 0 aliphatic heterocycles. The number of hydrogen-bond donors (Lipinski definition) is 1. The lowest BCUT2D eigenvalue weighted by molar-refractivity contribution is -0.152. The molecule has 5 nitrogen and oxygen atoms in total. The molecule has 0 aliphatic rings. The van der Waals surface area contributed by atoms with E-state index < -0.39 is 17.9 Å². The zero-order valence-corrected chi connectivity index (χ0v) is 10.7. The van der Waals surface area contributed by atoms with E-state index >= 15 is 0 Å². The Bertz CT molecular complexity index is 458. The van der Waals surface area contributed by atoms with Gasteiger partial charge in [0.2, 0.25) is 0 Å². The Balaban J connectivity index is 2.87. The van der Waals surface area contributed by atoms with E-state index in [4.69, 9.17) is 16.3 Å². The fraction of sp³-hybridized carbons (Fsp3) is 0.333. The lowest BCUT2D eigenvalue weighted by Gasteiger charge is -2.12. The lowest BCUT2D eigenvalue weighted by Crippen LogP contribution is -2.27. The molecule has 0 radical (unpaired) electrons. The van der Waals surface area contributed by atoms with E-state index in [0.717, 1.165) is 0 Å². The normalized spacial score (nSPS) is 11.9. The Kier molecular flexibility index (Phi) is 5.12. The smallest absolute Gasteiger partial charge is 0.335 e. The zero-order chi connectivity index (χ0) is 13.7. The fourth-order valence-corrected chi connectivity index (χ4v) is 1.58. The first-order chi connectivity index (χ1) is 8.49. The molecule has 98 valence electrons. The predicted molar refractivity (Wildman–Crippen MR) is 64.9 cm³/mol. The number of ether oxygens (including phenoxy) is 2. The van der Waals surface area contributed by atoms with Crippen molar-refractivity contribution in [2.45, 2.75) is 12.5 Å². The summed E-state index contributed by atoms with van der Waals surface area (Å²) in [4.78, 5) is 23.2. The van der Waals surface area contributed by atoms with Crippen LogP contribution in [0.1, 0.15) is 16.8 Å². The number of halogens is 1. The molecule has 1 atom stereocenters. The summed E-state index contributed by atoms with van der Waals surface area (Å²) in [6.07, 6.45) is -1.22. The Labute approximate surface area is 109 Å². The molecular weight excluding hydrogens is 260 g/mol. The summed E-state index contributed by atoms with van der Waals surface area (Å²) in [7, 11) is 2.50. The van der Waals surface area contributed by atoms with Gasteiger partial charge in [-0.1, -0.05) is 11.6 Å². The average molecular weight is 273 g/mol. The van der Waals surface area contributed by atoms with Crippen LogP contribution in [-0.4, -0.2) is 37.2 Å². The number of methoxy groups -OCH3 is 2. The molecule has 1 aromatic rings. The Hall–Kier alpha value is -1.59. The van der Waals surface area contributed by atoms with Gasteiger partial charge >= 0.3 is 5.97 Å². The van der Waals surface area contributed by atoms with E-state index in [1.165, 1.54) is 32.4 Å². The van der Waals surface area contributed by atoms with E-state index in [9.17, 15) is 14.7 Å². The molecule has 0 heterocycles. The number of hydrogen-bond acceptors (Lipinski definition) is 5. The highest BCUT2D eigenvalue weighted by Gasteiger charge is 2.24. The molecule has 0 saturated heterocycles. The quantitative estimate of drug-likeness (QED) is 0.654. The Morgan fingerprint density at radius 2 is 2.06 bits per heavy atom. The monoisotopic (exact) mass is 272 g/mol. The molecule has 1 rings (SSSR count). The second-order valence-electron chi connectivity index (χ2n) is 3.54. The van der Waals surface area contributed by atoms with Crippen molar-refractivity contribution in [1.29, 1.82) is 0 Å². The highest BCUT2D eigenvalue weighted by Crippen LogP contribution is 2.23. The second kappa shape index (κ2) is 6.37. The van der Waals surface area contributed by atoms with Crippen molar-refractivity contribution >= 4 is 23.4 Å². The van der Waals surface area contributed by atoms with E-state index in [-0.39, 0.29) is 17.7 Å². The average Bonchev–Trinajstić information content (AvgIpc) is 2.37. The number of rotatable bonds is 5.